The average Bonchev–Trinajstić information content (AvgIpc) is 1.87. The van der Waals surface area contributed by atoms with Gasteiger partial charge in [-0.3, -0.25) is 10.1 Å². The largest absolute Gasteiger partial charge is 0.331 e. The van der Waals surface area contributed by atoms with Crippen molar-refractivity contribution in [1.29, 1.82) is 0 Å². The molecule has 0 saturated carbocycles. The summed E-state index contributed by atoms with van der Waals surface area (Å²) in [7, 11) is 3.09. The molecular formula is C6H10N2O2. The maximum Gasteiger partial charge on any atom is 0.323 e. The monoisotopic (exact) mass is 142 g/mol. The molecule has 4 heteroatoms. The molecule has 0 saturated heterocycles. The van der Waals surface area contributed by atoms with Gasteiger partial charge in [-0.1, -0.05) is 6.58 Å². The van der Waals surface area contributed by atoms with Gasteiger partial charge in [-0.2, -0.15) is 0 Å². The number of nitrogens with zero attached hydrogens (tertiary/aromatic N) is 1. The lowest BCUT2D eigenvalue weighted by molar-refractivity contribution is -0.115. The molecule has 4 nitrogen and oxygen atoms in total. The zero-order chi connectivity index (χ0) is 8.15. The number of urea groups is 1. The summed E-state index contributed by atoms with van der Waals surface area (Å²) in [5.41, 5.74) is 0. The molecule has 0 rings (SSSR count). The Morgan fingerprint density at radius 2 is 2.00 bits per heavy atom. The number of carbonyl (C=O) groups excluding carboxylic acids is 2. The standard InChI is InChI=1S/C6H10N2O2/c1-4-5(9)7-6(10)8(2)3/h4H,1H2,2-3H3,(H,7,9,10). The molecule has 0 fully saturated rings. The van der Waals surface area contributed by atoms with E-state index >= 15 is 0 Å². The highest BCUT2D eigenvalue weighted by Crippen LogP contribution is 1.76. The van der Waals surface area contributed by atoms with Crippen molar-refractivity contribution in [3.05, 3.63) is 12.7 Å². The molecule has 0 aliphatic heterocycles. The lowest BCUT2D eigenvalue weighted by Gasteiger charge is -2.08. The van der Waals surface area contributed by atoms with E-state index in [9.17, 15) is 9.59 Å². The molecule has 0 aliphatic carbocycles. The Labute approximate surface area is 59.5 Å². The summed E-state index contributed by atoms with van der Waals surface area (Å²) in [6.45, 7) is 3.19. The number of hydrogen-bond donors (Lipinski definition) is 1. The normalized spacial score (nSPS) is 8.20. The minimum Gasteiger partial charge on any atom is -0.331 e. The second kappa shape index (κ2) is 3.66. The molecule has 0 aliphatic rings. The summed E-state index contributed by atoms with van der Waals surface area (Å²) >= 11 is 0. The summed E-state index contributed by atoms with van der Waals surface area (Å²) in [5.74, 6) is -0.487. The first-order chi connectivity index (χ1) is 4.57. The third-order valence-corrected chi connectivity index (χ3v) is 0.822. The Bertz CT molecular complexity index is 163. The van der Waals surface area contributed by atoms with Gasteiger partial charge in [0.25, 0.3) is 5.91 Å². The van der Waals surface area contributed by atoms with Gasteiger partial charge in [-0.25, -0.2) is 4.79 Å². The quantitative estimate of drug-likeness (QED) is 0.523. The number of carbonyl (C=O) groups is 2. The highest BCUT2D eigenvalue weighted by molar-refractivity contribution is 5.99. The summed E-state index contributed by atoms with van der Waals surface area (Å²) in [4.78, 5) is 22.4. The first kappa shape index (κ1) is 8.68. The van der Waals surface area contributed by atoms with E-state index in [4.69, 9.17) is 0 Å². The van der Waals surface area contributed by atoms with Gasteiger partial charge in [0.05, 0.1) is 0 Å². The van der Waals surface area contributed by atoms with Crippen LogP contribution in [0.5, 0.6) is 0 Å². The van der Waals surface area contributed by atoms with E-state index in [1.54, 1.807) is 14.1 Å². The van der Waals surface area contributed by atoms with Gasteiger partial charge in [-0.15, -0.1) is 0 Å². The summed E-state index contributed by atoms with van der Waals surface area (Å²) in [6, 6.07) is -0.440. The topological polar surface area (TPSA) is 49.4 Å². The van der Waals surface area contributed by atoms with Crippen LogP contribution >= 0.6 is 0 Å². The van der Waals surface area contributed by atoms with Crippen molar-refractivity contribution in [1.82, 2.24) is 10.2 Å². The van der Waals surface area contributed by atoms with Crippen molar-refractivity contribution in [2.75, 3.05) is 14.1 Å². The highest BCUT2D eigenvalue weighted by atomic mass is 16.2. The summed E-state index contributed by atoms with van der Waals surface area (Å²) in [6.07, 6.45) is 1.04. The molecule has 10 heavy (non-hydrogen) atoms. The first-order valence-electron chi connectivity index (χ1n) is 2.72. The lowest BCUT2D eigenvalue weighted by Crippen LogP contribution is -2.37. The third-order valence-electron chi connectivity index (χ3n) is 0.822. The molecule has 0 bridgehead atoms. The van der Waals surface area contributed by atoms with E-state index in [-0.39, 0.29) is 0 Å². The van der Waals surface area contributed by atoms with E-state index in [0.29, 0.717) is 0 Å². The number of imide groups is 1. The van der Waals surface area contributed by atoms with Crippen molar-refractivity contribution in [3.63, 3.8) is 0 Å². The van der Waals surface area contributed by atoms with Gasteiger partial charge < -0.3 is 4.90 Å². The summed E-state index contributed by atoms with van der Waals surface area (Å²) in [5, 5.41) is 2.06. The third kappa shape index (κ3) is 2.86. The van der Waals surface area contributed by atoms with Crippen LogP contribution in [0.1, 0.15) is 0 Å². The smallest absolute Gasteiger partial charge is 0.323 e. The first-order valence-corrected chi connectivity index (χ1v) is 2.72. The van der Waals surface area contributed by atoms with Crippen molar-refractivity contribution in [2.24, 2.45) is 0 Å². The second-order valence-corrected chi connectivity index (χ2v) is 1.89. The minimum atomic E-state index is -0.487. The molecule has 0 spiro atoms. The van der Waals surface area contributed by atoms with Crippen LogP contribution in [0, 0.1) is 0 Å². The van der Waals surface area contributed by atoms with Crippen LogP contribution in [0.25, 0.3) is 0 Å². The lowest BCUT2D eigenvalue weighted by atomic mass is 10.6. The van der Waals surface area contributed by atoms with E-state index in [0.717, 1.165) is 6.08 Å². The number of rotatable bonds is 1. The van der Waals surface area contributed by atoms with Gasteiger partial charge in [0.1, 0.15) is 0 Å². The zero-order valence-corrected chi connectivity index (χ0v) is 6.05. The van der Waals surface area contributed by atoms with Crippen molar-refractivity contribution < 1.29 is 9.59 Å². The van der Waals surface area contributed by atoms with Crippen LogP contribution in [0.15, 0.2) is 12.7 Å². The molecule has 0 aromatic rings. The molecule has 1 N–H and O–H groups in total. The predicted octanol–water partition coefficient (Wildman–Crippen LogP) is -0.0298. The molecule has 0 atom stereocenters. The Morgan fingerprint density at radius 3 is 2.30 bits per heavy atom. The van der Waals surface area contributed by atoms with Crippen LogP contribution in [0.4, 0.5) is 4.79 Å². The Hall–Kier alpha value is -1.32. The molecule has 0 unspecified atom stereocenters. The molecule has 0 heterocycles. The van der Waals surface area contributed by atoms with E-state index in [1.165, 1.54) is 4.90 Å². The minimum absolute atomic E-state index is 0.440. The van der Waals surface area contributed by atoms with Crippen molar-refractivity contribution in [2.45, 2.75) is 0 Å². The molecule has 56 valence electrons. The number of amides is 3. The maximum absolute atomic E-state index is 10.7. The SMILES string of the molecule is C=CC(=O)NC(=O)N(C)C. The van der Waals surface area contributed by atoms with Crippen LogP contribution in [-0.2, 0) is 4.79 Å². The van der Waals surface area contributed by atoms with Crippen molar-refractivity contribution >= 4 is 11.9 Å². The van der Waals surface area contributed by atoms with Gasteiger partial charge >= 0.3 is 6.03 Å². The van der Waals surface area contributed by atoms with Crippen molar-refractivity contribution in [3.8, 4) is 0 Å². The molecule has 3 amide bonds. The Kier molecular flexibility index (Phi) is 3.17. The van der Waals surface area contributed by atoms with Crippen LogP contribution < -0.4 is 5.32 Å². The van der Waals surface area contributed by atoms with Gasteiger partial charge in [0.2, 0.25) is 0 Å². The van der Waals surface area contributed by atoms with Gasteiger partial charge in [-0.05, 0) is 6.08 Å². The van der Waals surface area contributed by atoms with E-state index < -0.39 is 11.9 Å². The fraction of sp³-hybridized carbons (Fsp3) is 0.333. The fourth-order valence-electron chi connectivity index (χ4n) is 0.268. The molecule has 0 aromatic heterocycles. The zero-order valence-electron chi connectivity index (χ0n) is 6.05. The molecular weight excluding hydrogens is 132 g/mol. The molecule has 0 aromatic carbocycles. The highest BCUT2D eigenvalue weighted by Gasteiger charge is 2.04. The maximum atomic E-state index is 10.7. The Balaban J connectivity index is 3.80. The van der Waals surface area contributed by atoms with E-state index in [1.807, 2.05) is 0 Å². The molecule has 0 radical (unpaired) electrons. The van der Waals surface area contributed by atoms with Crippen LogP contribution in [-0.4, -0.2) is 30.9 Å². The van der Waals surface area contributed by atoms with Gasteiger partial charge in [0.15, 0.2) is 0 Å². The predicted molar refractivity (Wildman–Crippen MR) is 37.4 cm³/mol. The Morgan fingerprint density at radius 1 is 1.50 bits per heavy atom. The summed E-state index contributed by atoms with van der Waals surface area (Å²) < 4.78 is 0. The average molecular weight is 142 g/mol. The van der Waals surface area contributed by atoms with Crippen LogP contribution in [0.2, 0.25) is 0 Å². The second-order valence-electron chi connectivity index (χ2n) is 1.89. The van der Waals surface area contributed by atoms with Gasteiger partial charge in [0, 0.05) is 14.1 Å². The number of hydrogen-bond acceptors (Lipinski definition) is 2. The van der Waals surface area contributed by atoms with Crippen LogP contribution in [0.3, 0.4) is 0 Å². The van der Waals surface area contributed by atoms with E-state index in [2.05, 4.69) is 11.9 Å². The number of nitrogens with one attached hydrogen (secondary N) is 1. The fourth-order valence-corrected chi connectivity index (χ4v) is 0.268.